The van der Waals surface area contributed by atoms with E-state index in [1.54, 1.807) is 0 Å². The number of aromatic nitrogens is 4. The average Bonchev–Trinajstić information content (AvgIpc) is 3.62. The molecule has 10 rings (SSSR count). The fourth-order valence-corrected chi connectivity index (χ4v) is 7.69. The van der Waals surface area contributed by atoms with Crippen molar-refractivity contribution in [2.75, 3.05) is 4.90 Å². The van der Waals surface area contributed by atoms with Crippen molar-refractivity contribution >= 4 is 38.9 Å². The minimum atomic E-state index is 0.563. The highest BCUT2D eigenvalue weighted by molar-refractivity contribution is 6.09. The highest BCUT2D eigenvalue weighted by atomic mass is 15.2. The quantitative estimate of drug-likeness (QED) is 0.157. The fraction of sp³-hybridized carbons (Fsp3) is 0. The van der Waals surface area contributed by atoms with Crippen molar-refractivity contribution in [3.05, 3.63) is 212 Å². The minimum absolute atomic E-state index is 0.563. The van der Waals surface area contributed by atoms with Gasteiger partial charge in [-0.05, 0) is 59.2 Å². The molecule has 56 heavy (non-hydrogen) atoms. The lowest BCUT2D eigenvalue weighted by Gasteiger charge is -2.28. The monoisotopic (exact) mass is 717 g/mol. The summed E-state index contributed by atoms with van der Waals surface area (Å²) < 4.78 is 2.17. The minimum Gasteiger partial charge on any atom is -0.310 e. The van der Waals surface area contributed by atoms with E-state index in [1.807, 2.05) is 6.07 Å². The molecule has 0 radical (unpaired) electrons. The molecule has 0 amide bonds. The molecule has 0 N–H and O–H groups in total. The van der Waals surface area contributed by atoms with Crippen molar-refractivity contribution in [3.8, 4) is 51.0 Å². The summed E-state index contributed by atoms with van der Waals surface area (Å²) in [4.78, 5) is 18.2. The van der Waals surface area contributed by atoms with Gasteiger partial charge < -0.3 is 4.90 Å². The zero-order valence-electron chi connectivity index (χ0n) is 30.4. The van der Waals surface area contributed by atoms with Gasteiger partial charge in [0.2, 0.25) is 5.95 Å². The van der Waals surface area contributed by atoms with Crippen molar-refractivity contribution in [2.24, 2.45) is 0 Å². The number of rotatable bonds is 8. The van der Waals surface area contributed by atoms with E-state index in [0.29, 0.717) is 17.6 Å². The fourth-order valence-electron chi connectivity index (χ4n) is 7.69. The van der Waals surface area contributed by atoms with Crippen LogP contribution in [-0.4, -0.2) is 19.5 Å². The van der Waals surface area contributed by atoms with Gasteiger partial charge in [0.05, 0.1) is 16.7 Å². The molecule has 10 aromatic rings. The van der Waals surface area contributed by atoms with E-state index < -0.39 is 0 Å². The molecule has 0 aliphatic heterocycles. The third kappa shape index (κ3) is 5.98. The molecule has 0 aliphatic carbocycles. The zero-order valence-corrected chi connectivity index (χ0v) is 30.4. The molecule has 0 bridgehead atoms. The van der Waals surface area contributed by atoms with Crippen molar-refractivity contribution in [2.45, 2.75) is 0 Å². The third-order valence-electron chi connectivity index (χ3n) is 10.3. The molecule has 5 nitrogen and oxygen atoms in total. The Hall–Kier alpha value is -7.63. The molecule has 0 atom stereocenters. The molecule has 2 heterocycles. The smallest absolute Gasteiger partial charge is 0.238 e. The molecule has 0 saturated heterocycles. The van der Waals surface area contributed by atoms with Gasteiger partial charge in [-0.15, -0.1) is 0 Å². The first-order chi connectivity index (χ1) is 27.8. The number of para-hydroxylation sites is 5. The van der Waals surface area contributed by atoms with Crippen LogP contribution >= 0.6 is 0 Å². The van der Waals surface area contributed by atoms with Gasteiger partial charge >= 0.3 is 0 Å². The highest BCUT2D eigenvalue weighted by Crippen LogP contribution is 2.43. The van der Waals surface area contributed by atoms with E-state index in [0.717, 1.165) is 72.2 Å². The predicted octanol–water partition coefficient (Wildman–Crippen LogP) is 13.1. The van der Waals surface area contributed by atoms with Crippen LogP contribution < -0.4 is 4.90 Å². The zero-order chi connectivity index (χ0) is 37.3. The van der Waals surface area contributed by atoms with Gasteiger partial charge in [-0.2, -0.15) is 9.97 Å². The molecule has 8 aromatic carbocycles. The topological polar surface area (TPSA) is 46.8 Å². The van der Waals surface area contributed by atoms with E-state index in [-0.39, 0.29) is 0 Å². The van der Waals surface area contributed by atoms with Crippen LogP contribution in [0.3, 0.4) is 0 Å². The van der Waals surface area contributed by atoms with Crippen LogP contribution in [0.4, 0.5) is 17.1 Å². The number of nitrogens with zero attached hydrogens (tertiary/aromatic N) is 5. The van der Waals surface area contributed by atoms with Gasteiger partial charge in [0.1, 0.15) is 0 Å². The summed E-state index contributed by atoms with van der Waals surface area (Å²) in [6.45, 7) is 0. The van der Waals surface area contributed by atoms with Crippen LogP contribution in [0.5, 0.6) is 0 Å². The predicted molar refractivity (Wildman–Crippen MR) is 231 cm³/mol. The Labute approximate surface area is 325 Å². The van der Waals surface area contributed by atoms with E-state index in [1.165, 1.54) is 0 Å². The summed E-state index contributed by atoms with van der Waals surface area (Å²) in [5.41, 5.74) is 11.5. The second-order valence-corrected chi connectivity index (χ2v) is 13.7. The largest absolute Gasteiger partial charge is 0.310 e. The number of fused-ring (bicyclic) bond motifs is 3. The molecular weight excluding hydrogens is 683 g/mol. The standard InChI is InChI=1S/C51H35N5/c1-4-18-36(19-5-1)37-32-34-38(35-33-37)49-52-50(54-51(53-49)56-47-30-16-13-26-43(47)44-27-14-17-31-48(44)56)45-28-11-10-24-41(45)42-25-12-15-29-46(42)55(39-20-6-2-7-21-39)40-22-8-3-9-23-40/h1-35H. The lowest BCUT2D eigenvalue weighted by atomic mass is 9.96. The molecule has 264 valence electrons. The first-order valence-corrected chi connectivity index (χ1v) is 18.8. The first kappa shape index (κ1) is 33.0. The molecule has 0 fully saturated rings. The second kappa shape index (κ2) is 14.3. The van der Waals surface area contributed by atoms with E-state index in [9.17, 15) is 0 Å². The Morgan fingerprint density at radius 2 is 0.768 bits per heavy atom. The van der Waals surface area contributed by atoms with Gasteiger partial charge in [-0.3, -0.25) is 4.57 Å². The maximum atomic E-state index is 5.34. The van der Waals surface area contributed by atoms with Crippen LogP contribution in [0, 0.1) is 0 Å². The maximum absolute atomic E-state index is 5.34. The summed E-state index contributed by atoms with van der Waals surface area (Å²) in [6.07, 6.45) is 0. The Balaban J connectivity index is 1.19. The molecule has 0 aliphatic rings. The average molecular weight is 718 g/mol. The number of hydrogen-bond acceptors (Lipinski definition) is 4. The number of benzene rings is 8. The van der Waals surface area contributed by atoms with Crippen LogP contribution in [0.25, 0.3) is 72.8 Å². The SMILES string of the molecule is c1ccc(-c2ccc(-c3nc(-c4ccccc4-c4ccccc4N(c4ccccc4)c4ccccc4)nc(-n4c5ccccc5c5ccccc54)n3)cc2)cc1. The Morgan fingerprint density at radius 3 is 1.39 bits per heavy atom. The van der Waals surface area contributed by atoms with Gasteiger partial charge in [-0.1, -0.05) is 170 Å². The number of hydrogen-bond donors (Lipinski definition) is 0. The summed E-state index contributed by atoms with van der Waals surface area (Å²) in [5.74, 6) is 1.76. The Kier molecular flexibility index (Phi) is 8.43. The van der Waals surface area contributed by atoms with Crippen LogP contribution in [0.1, 0.15) is 0 Å². The Bertz CT molecular complexity index is 2860. The van der Waals surface area contributed by atoms with Crippen LogP contribution in [-0.2, 0) is 0 Å². The number of anilines is 3. The van der Waals surface area contributed by atoms with Crippen molar-refractivity contribution in [1.82, 2.24) is 19.5 Å². The van der Waals surface area contributed by atoms with Crippen molar-refractivity contribution in [3.63, 3.8) is 0 Å². The third-order valence-corrected chi connectivity index (χ3v) is 10.3. The lowest BCUT2D eigenvalue weighted by molar-refractivity contribution is 0.953. The van der Waals surface area contributed by atoms with E-state index >= 15 is 0 Å². The van der Waals surface area contributed by atoms with Crippen LogP contribution in [0.2, 0.25) is 0 Å². The molecule has 0 saturated carbocycles. The first-order valence-electron chi connectivity index (χ1n) is 18.8. The second-order valence-electron chi connectivity index (χ2n) is 13.7. The van der Waals surface area contributed by atoms with Crippen molar-refractivity contribution < 1.29 is 0 Å². The van der Waals surface area contributed by atoms with E-state index in [4.69, 9.17) is 15.0 Å². The molecular formula is C51H35N5. The summed E-state index contributed by atoms with van der Waals surface area (Å²) >= 11 is 0. The molecule has 0 spiro atoms. The van der Waals surface area contributed by atoms with Gasteiger partial charge in [0.25, 0.3) is 0 Å². The normalized spacial score (nSPS) is 11.2. The molecule has 5 heteroatoms. The van der Waals surface area contributed by atoms with Crippen molar-refractivity contribution in [1.29, 1.82) is 0 Å². The lowest BCUT2D eigenvalue weighted by Crippen LogP contribution is -2.11. The molecule has 2 aromatic heterocycles. The van der Waals surface area contributed by atoms with Crippen LogP contribution in [0.15, 0.2) is 212 Å². The van der Waals surface area contributed by atoms with Gasteiger partial charge in [0.15, 0.2) is 11.6 Å². The summed E-state index contributed by atoms with van der Waals surface area (Å²) in [5, 5.41) is 2.30. The maximum Gasteiger partial charge on any atom is 0.238 e. The van der Waals surface area contributed by atoms with E-state index in [2.05, 4.69) is 216 Å². The Morgan fingerprint density at radius 1 is 0.321 bits per heavy atom. The van der Waals surface area contributed by atoms with Gasteiger partial charge in [0, 0.05) is 38.8 Å². The van der Waals surface area contributed by atoms with Gasteiger partial charge in [-0.25, -0.2) is 4.98 Å². The summed E-state index contributed by atoms with van der Waals surface area (Å²) in [7, 11) is 0. The molecule has 0 unspecified atom stereocenters. The highest BCUT2D eigenvalue weighted by Gasteiger charge is 2.22. The summed E-state index contributed by atoms with van der Waals surface area (Å²) in [6, 6.07) is 73.8.